The molecule has 1 aliphatic heterocycles. The summed E-state index contributed by atoms with van der Waals surface area (Å²) in [6, 6.07) is 9.39. The molecule has 2 heterocycles. The van der Waals surface area contributed by atoms with Crippen LogP contribution < -0.4 is 10.6 Å². The molecule has 0 aliphatic carbocycles. The standard InChI is InChI=1S/C14H12BrClN2OS/c1-7(11-4-5-12(16)20-11)17-13-9-6-8(15)2-3-10(9)18-14(13)19/h2-7,13,17H,1H3,(H,18,19). The largest absolute Gasteiger partial charge is 0.324 e. The van der Waals surface area contributed by atoms with Crippen LogP contribution in [0.1, 0.15) is 29.4 Å². The molecule has 0 bridgehead atoms. The molecule has 2 unspecified atom stereocenters. The summed E-state index contributed by atoms with van der Waals surface area (Å²) in [7, 11) is 0. The topological polar surface area (TPSA) is 41.1 Å². The Balaban J connectivity index is 1.85. The molecule has 0 saturated carbocycles. The van der Waals surface area contributed by atoms with E-state index < -0.39 is 0 Å². The lowest BCUT2D eigenvalue weighted by atomic mass is 10.1. The van der Waals surface area contributed by atoms with E-state index in [0.29, 0.717) is 0 Å². The molecule has 1 aromatic carbocycles. The summed E-state index contributed by atoms with van der Waals surface area (Å²) in [5.74, 6) is -0.0207. The minimum atomic E-state index is -0.335. The predicted octanol–water partition coefficient (Wildman–Crippen LogP) is 4.51. The van der Waals surface area contributed by atoms with E-state index in [1.807, 2.05) is 37.3 Å². The number of thiophene rings is 1. The monoisotopic (exact) mass is 370 g/mol. The van der Waals surface area contributed by atoms with Crippen LogP contribution in [-0.4, -0.2) is 5.91 Å². The van der Waals surface area contributed by atoms with E-state index in [1.165, 1.54) is 11.3 Å². The van der Waals surface area contributed by atoms with Gasteiger partial charge in [-0.2, -0.15) is 0 Å². The third-order valence-corrected chi connectivity index (χ3v) is 5.19. The third kappa shape index (κ3) is 2.63. The number of benzene rings is 1. The van der Waals surface area contributed by atoms with Gasteiger partial charge in [-0.3, -0.25) is 10.1 Å². The molecule has 2 N–H and O–H groups in total. The molecule has 6 heteroatoms. The van der Waals surface area contributed by atoms with Crippen molar-refractivity contribution in [3.63, 3.8) is 0 Å². The normalized spacial score (nSPS) is 18.8. The third-order valence-electron chi connectivity index (χ3n) is 3.28. The molecular formula is C14H12BrClN2OS. The number of hydrogen-bond donors (Lipinski definition) is 2. The average Bonchev–Trinajstić information content (AvgIpc) is 2.95. The number of nitrogens with one attached hydrogen (secondary N) is 2. The lowest BCUT2D eigenvalue weighted by molar-refractivity contribution is -0.117. The van der Waals surface area contributed by atoms with E-state index in [4.69, 9.17) is 11.6 Å². The van der Waals surface area contributed by atoms with Crippen molar-refractivity contribution in [2.45, 2.75) is 19.0 Å². The van der Waals surface area contributed by atoms with E-state index in [1.54, 1.807) is 0 Å². The minimum Gasteiger partial charge on any atom is -0.324 e. The van der Waals surface area contributed by atoms with Gasteiger partial charge in [0.25, 0.3) is 0 Å². The Morgan fingerprint density at radius 3 is 2.90 bits per heavy atom. The highest BCUT2D eigenvalue weighted by Gasteiger charge is 2.31. The highest BCUT2D eigenvalue weighted by molar-refractivity contribution is 9.10. The zero-order valence-corrected chi connectivity index (χ0v) is 13.8. The van der Waals surface area contributed by atoms with E-state index in [2.05, 4.69) is 26.6 Å². The zero-order chi connectivity index (χ0) is 14.3. The van der Waals surface area contributed by atoms with Crippen molar-refractivity contribution in [2.75, 3.05) is 5.32 Å². The van der Waals surface area contributed by atoms with Crippen molar-refractivity contribution < 1.29 is 4.79 Å². The highest BCUT2D eigenvalue weighted by atomic mass is 79.9. The molecule has 20 heavy (non-hydrogen) atoms. The fourth-order valence-electron chi connectivity index (χ4n) is 2.29. The van der Waals surface area contributed by atoms with Gasteiger partial charge < -0.3 is 5.32 Å². The maximum atomic E-state index is 12.1. The summed E-state index contributed by atoms with van der Waals surface area (Å²) in [6.07, 6.45) is 0. The maximum absolute atomic E-state index is 12.1. The highest BCUT2D eigenvalue weighted by Crippen LogP contribution is 2.35. The molecule has 1 aromatic heterocycles. The summed E-state index contributed by atoms with van der Waals surface area (Å²) in [4.78, 5) is 13.2. The first-order valence-electron chi connectivity index (χ1n) is 6.16. The van der Waals surface area contributed by atoms with E-state index in [-0.39, 0.29) is 18.0 Å². The summed E-state index contributed by atoms with van der Waals surface area (Å²) in [5, 5.41) is 6.25. The van der Waals surface area contributed by atoms with Crippen molar-refractivity contribution in [1.82, 2.24) is 5.32 Å². The summed E-state index contributed by atoms with van der Waals surface area (Å²) >= 11 is 10.9. The first kappa shape index (κ1) is 14.1. The Hall–Kier alpha value is -0.880. The fourth-order valence-corrected chi connectivity index (χ4v) is 3.74. The van der Waals surface area contributed by atoms with Crippen LogP contribution in [0, 0.1) is 0 Å². The summed E-state index contributed by atoms with van der Waals surface area (Å²) in [6.45, 7) is 2.03. The molecule has 2 atom stereocenters. The van der Waals surface area contributed by atoms with Crippen molar-refractivity contribution in [1.29, 1.82) is 0 Å². The number of hydrogen-bond acceptors (Lipinski definition) is 3. The molecule has 0 saturated heterocycles. The van der Waals surface area contributed by atoms with Crippen LogP contribution in [0.25, 0.3) is 0 Å². The fraction of sp³-hybridized carbons (Fsp3) is 0.214. The second-order valence-electron chi connectivity index (χ2n) is 4.68. The number of carbonyl (C=O) groups is 1. The van der Waals surface area contributed by atoms with Crippen molar-refractivity contribution >= 4 is 50.5 Å². The summed E-state index contributed by atoms with van der Waals surface area (Å²) < 4.78 is 1.72. The minimum absolute atomic E-state index is 0.0207. The smallest absolute Gasteiger partial charge is 0.246 e. The first-order chi connectivity index (χ1) is 9.54. The second kappa shape index (κ2) is 5.48. The van der Waals surface area contributed by atoms with E-state index >= 15 is 0 Å². The van der Waals surface area contributed by atoms with Crippen LogP contribution in [0.2, 0.25) is 4.34 Å². The Kier molecular flexibility index (Phi) is 3.86. The molecular weight excluding hydrogens is 360 g/mol. The Bertz CT molecular complexity index is 673. The van der Waals surface area contributed by atoms with Gasteiger partial charge in [-0.25, -0.2) is 0 Å². The molecule has 0 radical (unpaired) electrons. The van der Waals surface area contributed by atoms with E-state index in [0.717, 1.165) is 24.9 Å². The van der Waals surface area contributed by atoms with Gasteiger partial charge in [0, 0.05) is 26.6 Å². The zero-order valence-electron chi connectivity index (χ0n) is 10.6. The second-order valence-corrected chi connectivity index (χ2v) is 7.35. The molecule has 1 amide bonds. The first-order valence-corrected chi connectivity index (χ1v) is 8.15. The van der Waals surface area contributed by atoms with Crippen molar-refractivity contribution in [3.8, 4) is 0 Å². The Labute approximate surface area is 134 Å². The molecule has 3 nitrogen and oxygen atoms in total. The van der Waals surface area contributed by atoms with Gasteiger partial charge in [0.2, 0.25) is 5.91 Å². The molecule has 2 aromatic rings. The van der Waals surface area contributed by atoms with Gasteiger partial charge in [0.1, 0.15) is 6.04 Å². The van der Waals surface area contributed by atoms with Crippen LogP contribution in [-0.2, 0) is 4.79 Å². The number of amides is 1. The Morgan fingerprint density at radius 1 is 1.40 bits per heavy atom. The Morgan fingerprint density at radius 2 is 2.20 bits per heavy atom. The average molecular weight is 372 g/mol. The molecule has 1 aliphatic rings. The van der Waals surface area contributed by atoms with Crippen LogP contribution in [0.15, 0.2) is 34.8 Å². The van der Waals surface area contributed by atoms with Crippen LogP contribution in [0.3, 0.4) is 0 Å². The van der Waals surface area contributed by atoms with Gasteiger partial charge in [-0.15, -0.1) is 11.3 Å². The SMILES string of the molecule is CC(NC1C(=O)Nc2ccc(Br)cc21)c1ccc(Cl)s1. The predicted molar refractivity (Wildman–Crippen MR) is 86.4 cm³/mol. The van der Waals surface area contributed by atoms with Crippen molar-refractivity contribution in [3.05, 3.63) is 49.6 Å². The maximum Gasteiger partial charge on any atom is 0.246 e. The van der Waals surface area contributed by atoms with Crippen LogP contribution >= 0.6 is 38.9 Å². The number of halogens is 2. The number of fused-ring (bicyclic) bond motifs is 1. The van der Waals surface area contributed by atoms with Gasteiger partial charge in [0.15, 0.2) is 0 Å². The lowest BCUT2D eigenvalue weighted by Gasteiger charge is -2.17. The van der Waals surface area contributed by atoms with E-state index in [9.17, 15) is 4.79 Å². The number of anilines is 1. The number of rotatable bonds is 3. The lowest BCUT2D eigenvalue weighted by Crippen LogP contribution is -2.29. The van der Waals surface area contributed by atoms with Gasteiger partial charge >= 0.3 is 0 Å². The van der Waals surface area contributed by atoms with Crippen LogP contribution in [0.5, 0.6) is 0 Å². The van der Waals surface area contributed by atoms with Crippen LogP contribution in [0.4, 0.5) is 5.69 Å². The molecule has 3 rings (SSSR count). The van der Waals surface area contributed by atoms with Gasteiger partial charge in [-0.1, -0.05) is 27.5 Å². The van der Waals surface area contributed by atoms with Gasteiger partial charge in [-0.05, 0) is 37.3 Å². The molecule has 0 fully saturated rings. The summed E-state index contributed by atoms with van der Waals surface area (Å²) in [5.41, 5.74) is 1.84. The quantitative estimate of drug-likeness (QED) is 0.833. The number of carbonyl (C=O) groups excluding carboxylic acids is 1. The molecule has 0 spiro atoms. The van der Waals surface area contributed by atoms with Crippen molar-refractivity contribution in [2.24, 2.45) is 0 Å². The molecule has 104 valence electrons. The van der Waals surface area contributed by atoms with Gasteiger partial charge in [0.05, 0.1) is 4.34 Å².